The fourth-order valence-electron chi connectivity index (χ4n) is 2.37. The van der Waals surface area contributed by atoms with Gasteiger partial charge in [-0.3, -0.25) is 4.79 Å². The van der Waals surface area contributed by atoms with Gasteiger partial charge in [0.2, 0.25) is 5.91 Å². The first-order valence-electron chi connectivity index (χ1n) is 4.84. The number of nitrogens with zero attached hydrogens (tertiary/aromatic N) is 1. The van der Waals surface area contributed by atoms with Crippen LogP contribution in [0.1, 0.15) is 26.2 Å². The zero-order valence-electron chi connectivity index (χ0n) is 7.55. The van der Waals surface area contributed by atoms with E-state index in [0.29, 0.717) is 24.4 Å². The highest BCUT2D eigenvalue weighted by atomic mass is 16.2. The van der Waals surface area contributed by atoms with Crippen molar-refractivity contribution in [2.75, 3.05) is 13.1 Å². The predicted octanol–water partition coefficient (Wildman–Crippen LogP) is 0.359. The van der Waals surface area contributed by atoms with E-state index in [4.69, 9.17) is 0 Å². The molecule has 0 saturated carbocycles. The molecule has 3 heteroatoms. The molecule has 0 aliphatic carbocycles. The summed E-state index contributed by atoms with van der Waals surface area (Å²) in [5.41, 5.74) is 0. The van der Waals surface area contributed by atoms with Crippen molar-refractivity contribution in [1.29, 1.82) is 0 Å². The lowest BCUT2D eigenvalue weighted by Gasteiger charge is -2.35. The van der Waals surface area contributed by atoms with Crippen molar-refractivity contribution in [3.63, 3.8) is 0 Å². The maximum atomic E-state index is 11.5. The lowest BCUT2D eigenvalue weighted by Crippen LogP contribution is -2.53. The Morgan fingerprint density at radius 1 is 1.42 bits per heavy atom. The first kappa shape index (κ1) is 8.05. The van der Waals surface area contributed by atoms with Crippen LogP contribution in [0.5, 0.6) is 0 Å². The van der Waals surface area contributed by atoms with Gasteiger partial charge in [0, 0.05) is 31.6 Å². The standard InChI is InChI=1S/C9H16N2O/c1-2-9(12)11-7-3-4-8(11)6-10-5-7/h7-8,10H,2-6H2,1H3. The second kappa shape index (κ2) is 3.05. The Morgan fingerprint density at radius 2 is 2.00 bits per heavy atom. The summed E-state index contributed by atoms with van der Waals surface area (Å²) in [4.78, 5) is 13.6. The Morgan fingerprint density at radius 3 is 2.50 bits per heavy atom. The van der Waals surface area contributed by atoms with Gasteiger partial charge in [-0.2, -0.15) is 0 Å². The normalized spacial score (nSPS) is 33.9. The van der Waals surface area contributed by atoms with Crippen molar-refractivity contribution in [1.82, 2.24) is 10.2 Å². The molecule has 68 valence electrons. The summed E-state index contributed by atoms with van der Waals surface area (Å²) in [6.07, 6.45) is 3.06. The molecule has 0 aromatic rings. The van der Waals surface area contributed by atoms with E-state index in [2.05, 4.69) is 10.2 Å². The van der Waals surface area contributed by atoms with Crippen molar-refractivity contribution in [3.8, 4) is 0 Å². The smallest absolute Gasteiger partial charge is 0.222 e. The number of carbonyl (C=O) groups excluding carboxylic acids is 1. The Bertz CT molecular complexity index is 177. The molecule has 0 aromatic heterocycles. The molecule has 1 amide bonds. The van der Waals surface area contributed by atoms with Gasteiger partial charge in [-0.15, -0.1) is 0 Å². The molecule has 2 heterocycles. The number of fused-ring (bicyclic) bond motifs is 2. The summed E-state index contributed by atoms with van der Waals surface area (Å²) >= 11 is 0. The summed E-state index contributed by atoms with van der Waals surface area (Å²) in [7, 11) is 0. The van der Waals surface area contributed by atoms with E-state index in [-0.39, 0.29) is 0 Å². The minimum absolute atomic E-state index is 0.337. The maximum absolute atomic E-state index is 11.5. The molecule has 12 heavy (non-hydrogen) atoms. The minimum Gasteiger partial charge on any atom is -0.334 e. The van der Waals surface area contributed by atoms with E-state index in [0.717, 1.165) is 13.1 Å². The highest BCUT2D eigenvalue weighted by Crippen LogP contribution is 2.26. The van der Waals surface area contributed by atoms with E-state index in [1.165, 1.54) is 12.8 Å². The highest BCUT2D eigenvalue weighted by Gasteiger charge is 2.38. The Labute approximate surface area is 73.1 Å². The topological polar surface area (TPSA) is 32.3 Å². The third kappa shape index (κ3) is 1.12. The van der Waals surface area contributed by atoms with Crippen molar-refractivity contribution < 1.29 is 4.79 Å². The number of nitrogens with one attached hydrogen (secondary N) is 1. The predicted molar refractivity (Wildman–Crippen MR) is 46.8 cm³/mol. The molecule has 2 bridgehead atoms. The number of hydrogen-bond donors (Lipinski definition) is 1. The van der Waals surface area contributed by atoms with Gasteiger partial charge in [-0.25, -0.2) is 0 Å². The van der Waals surface area contributed by atoms with E-state index < -0.39 is 0 Å². The fraction of sp³-hybridized carbons (Fsp3) is 0.889. The second-order valence-corrected chi connectivity index (χ2v) is 3.70. The molecule has 0 spiro atoms. The average molecular weight is 168 g/mol. The van der Waals surface area contributed by atoms with E-state index >= 15 is 0 Å². The lowest BCUT2D eigenvalue weighted by molar-refractivity contribution is -0.134. The van der Waals surface area contributed by atoms with Crippen molar-refractivity contribution in [2.24, 2.45) is 0 Å². The molecular formula is C9H16N2O. The van der Waals surface area contributed by atoms with Crippen molar-refractivity contribution >= 4 is 5.91 Å². The highest BCUT2D eigenvalue weighted by molar-refractivity contribution is 5.77. The van der Waals surface area contributed by atoms with Gasteiger partial charge in [-0.1, -0.05) is 6.92 Å². The number of hydrogen-bond acceptors (Lipinski definition) is 2. The second-order valence-electron chi connectivity index (χ2n) is 3.70. The maximum Gasteiger partial charge on any atom is 0.222 e. The summed E-state index contributed by atoms with van der Waals surface area (Å²) < 4.78 is 0. The molecule has 0 aromatic carbocycles. The summed E-state index contributed by atoms with van der Waals surface area (Å²) in [5.74, 6) is 0.337. The van der Waals surface area contributed by atoms with Crippen LogP contribution in [0.15, 0.2) is 0 Å². The zero-order valence-corrected chi connectivity index (χ0v) is 7.55. The van der Waals surface area contributed by atoms with Gasteiger partial charge in [0.1, 0.15) is 0 Å². The molecular weight excluding hydrogens is 152 g/mol. The third-order valence-corrected chi connectivity index (χ3v) is 2.97. The van der Waals surface area contributed by atoms with Gasteiger partial charge in [-0.05, 0) is 12.8 Å². The number of carbonyl (C=O) groups is 1. The van der Waals surface area contributed by atoms with Crippen LogP contribution in [0.3, 0.4) is 0 Å². The van der Waals surface area contributed by atoms with Gasteiger partial charge in [0.15, 0.2) is 0 Å². The Hall–Kier alpha value is -0.570. The Balaban J connectivity index is 2.10. The fourth-order valence-corrected chi connectivity index (χ4v) is 2.37. The van der Waals surface area contributed by atoms with E-state index in [1.807, 2.05) is 6.92 Å². The van der Waals surface area contributed by atoms with Gasteiger partial charge >= 0.3 is 0 Å². The summed E-state index contributed by atoms with van der Waals surface area (Å²) in [6, 6.07) is 0.993. The van der Waals surface area contributed by atoms with Crippen molar-refractivity contribution in [2.45, 2.75) is 38.3 Å². The van der Waals surface area contributed by atoms with Crippen LogP contribution in [0.25, 0.3) is 0 Å². The largest absolute Gasteiger partial charge is 0.334 e. The molecule has 2 saturated heterocycles. The molecule has 2 aliphatic heterocycles. The summed E-state index contributed by atoms with van der Waals surface area (Å²) in [5, 5.41) is 3.36. The number of rotatable bonds is 1. The first-order chi connectivity index (χ1) is 5.83. The van der Waals surface area contributed by atoms with Crippen LogP contribution in [0.2, 0.25) is 0 Å². The molecule has 2 rings (SSSR count). The first-order valence-corrected chi connectivity index (χ1v) is 4.84. The zero-order chi connectivity index (χ0) is 8.55. The molecule has 0 radical (unpaired) electrons. The van der Waals surface area contributed by atoms with Crippen LogP contribution < -0.4 is 5.32 Å². The monoisotopic (exact) mass is 168 g/mol. The van der Waals surface area contributed by atoms with Crippen LogP contribution in [0, 0.1) is 0 Å². The number of piperazine rings is 1. The lowest BCUT2D eigenvalue weighted by atomic mass is 10.2. The Kier molecular flexibility index (Phi) is 2.05. The third-order valence-electron chi connectivity index (χ3n) is 2.97. The average Bonchev–Trinajstić information content (AvgIpc) is 2.35. The van der Waals surface area contributed by atoms with Crippen LogP contribution >= 0.6 is 0 Å². The van der Waals surface area contributed by atoms with Gasteiger partial charge in [0.05, 0.1) is 0 Å². The molecule has 2 aliphatic rings. The van der Waals surface area contributed by atoms with Crippen LogP contribution in [-0.4, -0.2) is 36.0 Å². The van der Waals surface area contributed by atoms with E-state index in [9.17, 15) is 4.79 Å². The minimum atomic E-state index is 0.337. The molecule has 1 N–H and O–H groups in total. The summed E-state index contributed by atoms with van der Waals surface area (Å²) in [6.45, 7) is 3.95. The molecule has 2 atom stereocenters. The van der Waals surface area contributed by atoms with E-state index in [1.54, 1.807) is 0 Å². The van der Waals surface area contributed by atoms with Gasteiger partial charge in [0.25, 0.3) is 0 Å². The van der Waals surface area contributed by atoms with Gasteiger partial charge < -0.3 is 10.2 Å². The van der Waals surface area contributed by atoms with Crippen molar-refractivity contribution in [3.05, 3.63) is 0 Å². The van der Waals surface area contributed by atoms with Crippen LogP contribution in [-0.2, 0) is 4.79 Å². The molecule has 3 nitrogen and oxygen atoms in total. The van der Waals surface area contributed by atoms with Crippen LogP contribution in [0.4, 0.5) is 0 Å². The quantitative estimate of drug-likeness (QED) is 0.613. The number of amides is 1. The molecule has 2 fully saturated rings. The molecule has 2 unspecified atom stereocenters. The SMILES string of the molecule is CCC(=O)N1C2CCC1CNC2.